The van der Waals surface area contributed by atoms with Crippen LogP contribution in [-0.2, 0) is 13.6 Å². The molecule has 0 bridgehead atoms. The Balaban J connectivity index is 2.38. The van der Waals surface area contributed by atoms with Crippen LogP contribution in [0.4, 0.5) is 4.79 Å². The van der Waals surface area contributed by atoms with Gasteiger partial charge in [-0.3, -0.25) is 4.68 Å². The van der Waals surface area contributed by atoms with Gasteiger partial charge < -0.3 is 15.7 Å². The van der Waals surface area contributed by atoms with Crippen molar-refractivity contribution in [3.63, 3.8) is 0 Å². The summed E-state index contributed by atoms with van der Waals surface area (Å²) in [4.78, 5) is 11.8. The molecule has 6 heteroatoms. The summed E-state index contributed by atoms with van der Waals surface area (Å²) in [6, 6.07) is 1.61. The highest BCUT2D eigenvalue weighted by Crippen LogP contribution is 2.24. The molecule has 1 heterocycles. The van der Waals surface area contributed by atoms with E-state index in [1.54, 1.807) is 10.9 Å². The quantitative estimate of drug-likeness (QED) is 0.735. The van der Waals surface area contributed by atoms with Crippen LogP contribution >= 0.6 is 0 Å². The van der Waals surface area contributed by atoms with Crippen LogP contribution in [0.25, 0.3) is 0 Å². The van der Waals surface area contributed by atoms with Gasteiger partial charge in [0.05, 0.1) is 18.3 Å². The van der Waals surface area contributed by atoms with Crippen LogP contribution in [0.5, 0.6) is 0 Å². The predicted molar refractivity (Wildman–Crippen MR) is 78.1 cm³/mol. The molecule has 0 saturated heterocycles. The number of carbonyl (C=O) groups excluding carboxylic acids is 1. The van der Waals surface area contributed by atoms with Gasteiger partial charge in [0.2, 0.25) is 0 Å². The Bertz CT molecular complexity index is 440. The van der Waals surface area contributed by atoms with Crippen molar-refractivity contribution in [3.05, 3.63) is 18.0 Å². The number of amides is 2. The maximum atomic E-state index is 11.8. The van der Waals surface area contributed by atoms with Crippen molar-refractivity contribution in [3.8, 4) is 0 Å². The highest BCUT2D eigenvalue weighted by molar-refractivity contribution is 5.73. The van der Waals surface area contributed by atoms with Gasteiger partial charge in [-0.2, -0.15) is 5.10 Å². The molecule has 1 rings (SSSR count). The van der Waals surface area contributed by atoms with Crippen LogP contribution in [0.3, 0.4) is 0 Å². The van der Waals surface area contributed by atoms with E-state index in [0.29, 0.717) is 13.1 Å². The Kier molecular flexibility index (Phi) is 5.56. The zero-order valence-corrected chi connectivity index (χ0v) is 13.0. The summed E-state index contributed by atoms with van der Waals surface area (Å²) in [6.45, 7) is 8.67. The Labute approximate surface area is 120 Å². The van der Waals surface area contributed by atoms with Gasteiger partial charge in [0.1, 0.15) is 0 Å². The first-order valence-corrected chi connectivity index (χ1v) is 6.90. The molecule has 0 fully saturated rings. The van der Waals surface area contributed by atoms with Gasteiger partial charge in [-0.05, 0) is 12.0 Å². The molecule has 1 aromatic heterocycles. The fourth-order valence-electron chi connectivity index (χ4n) is 2.12. The molecule has 1 aromatic rings. The predicted octanol–water partition coefficient (Wildman–Crippen LogP) is 1.26. The number of rotatable bonds is 6. The van der Waals surface area contributed by atoms with E-state index in [4.69, 9.17) is 0 Å². The molecule has 20 heavy (non-hydrogen) atoms. The molecule has 0 saturated carbocycles. The maximum absolute atomic E-state index is 11.8. The third kappa shape index (κ3) is 4.52. The lowest BCUT2D eigenvalue weighted by Gasteiger charge is -2.33. The first-order chi connectivity index (χ1) is 9.24. The molecule has 1 atom stereocenters. The number of nitrogens with one attached hydrogen (secondary N) is 2. The standard InChI is InChI=1S/C14H26N4O2/c1-10(2)12(19)14(3,4)9-16-13(20)15-8-11-6-7-17-18(11)5/h6-7,10,12,19H,8-9H2,1-5H3,(H2,15,16,20). The molecule has 3 N–H and O–H groups in total. The molecule has 6 nitrogen and oxygen atoms in total. The zero-order chi connectivity index (χ0) is 15.3. The molecule has 114 valence electrons. The highest BCUT2D eigenvalue weighted by Gasteiger charge is 2.30. The molecule has 0 aromatic carbocycles. The van der Waals surface area contributed by atoms with Crippen LogP contribution in [0.2, 0.25) is 0 Å². The van der Waals surface area contributed by atoms with Crippen LogP contribution in [0, 0.1) is 11.3 Å². The number of urea groups is 1. The fraction of sp³-hybridized carbons (Fsp3) is 0.714. The summed E-state index contributed by atoms with van der Waals surface area (Å²) in [7, 11) is 1.83. The monoisotopic (exact) mass is 282 g/mol. The molecule has 0 spiro atoms. The van der Waals surface area contributed by atoms with Gasteiger partial charge in [0, 0.05) is 25.2 Å². The number of nitrogens with zero attached hydrogens (tertiary/aromatic N) is 2. The summed E-state index contributed by atoms with van der Waals surface area (Å²) in [5, 5.41) is 19.7. The van der Waals surface area contributed by atoms with Crippen molar-refractivity contribution in [2.24, 2.45) is 18.4 Å². The highest BCUT2D eigenvalue weighted by atomic mass is 16.3. The second-order valence-electron chi connectivity index (χ2n) is 6.16. The third-order valence-corrected chi connectivity index (χ3v) is 3.49. The summed E-state index contributed by atoms with van der Waals surface area (Å²) in [5.41, 5.74) is 0.569. The number of aryl methyl sites for hydroxylation is 1. The lowest BCUT2D eigenvalue weighted by Crippen LogP contribution is -2.46. The van der Waals surface area contributed by atoms with Crippen LogP contribution < -0.4 is 10.6 Å². The van der Waals surface area contributed by atoms with Crippen LogP contribution in [0.1, 0.15) is 33.4 Å². The number of aromatic nitrogens is 2. The number of hydrogen-bond donors (Lipinski definition) is 3. The van der Waals surface area contributed by atoms with Gasteiger partial charge in [-0.25, -0.2) is 4.79 Å². The van der Waals surface area contributed by atoms with Crippen molar-refractivity contribution < 1.29 is 9.90 Å². The van der Waals surface area contributed by atoms with E-state index in [1.807, 2.05) is 40.8 Å². The molecule has 1 unspecified atom stereocenters. The lowest BCUT2D eigenvalue weighted by molar-refractivity contribution is 0.0151. The van der Waals surface area contributed by atoms with Crippen molar-refractivity contribution in [2.45, 2.75) is 40.3 Å². The lowest BCUT2D eigenvalue weighted by atomic mass is 9.81. The summed E-state index contributed by atoms with van der Waals surface area (Å²) in [5.74, 6) is 0.157. The van der Waals surface area contributed by atoms with Crippen LogP contribution in [0.15, 0.2) is 12.3 Å². The number of aliphatic hydroxyl groups excluding tert-OH is 1. The zero-order valence-electron chi connectivity index (χ0n) is 13.0. The molecular weight excluding hydrogens is 256 g/mol. The fourth-order valence-corrected chi connectivity index (χ4v) is 2.12. The second-order valence-corrected chi connectivity index (χ2v) is 6.16. The number of aliphatic hydroxyl groups is 1. The third-order valence-electron chi connectivity index (χ3n) is 3.49. The topological polar surface area (TPSA) is 79.2 Å². The van der Waals surface area contributed by atoms with E-state index in [1.165, 1.54) is 0 Å². The molecule has 2 amide bonds. The Hall–Kier alpha value is -1.56. The first kappa shape index (κ1) is 16.5. The minimum Gasteiger partial charge on any atom is -0.392 e. The summed E-state index contributed by atoms with van der Waals surface area (Å²) in [6.07, 6.45) is 1.23. The molecule has 0 radical (unpaired) electrons. The largest absolute Gasteiger partial charge is 0.392 e. The van der Waals surface area contributed by atoms with E-state index in [9.17, 15) is 9.90 Å². The van der Waals surface area contributed by atoms with E-state index in [-0.39, 0.29) is 17.4 Å². The van der Waals surface area contributed by atoms with E-state index < -0.39 is 6.10 Å². The van der Waals surface area contributed by atoms with Gasteiger partial charge >= 0.3 is 6.03 Å². The van der Waals surface area contributed by atoms with Crippen molar-refractivity contribution in [2.75, 3.05) is 6.54 Å². The molecule has 0 aliphatic heterocycles. The van der Waals surface area contributed by atoms with Crippen molar-refractivity contribution >= 4 is 6.03 Å². The first-order valence-electron chi connectivity index (χ1n) is 6.90. The second kappa shape index (κ2) is 6.74. The molecular formula is C14H26N4O2. The smallest absolute Gasteiger partial charge is 0.315 e. The SMILES string of the molecule is CC(C)C(O)C(C)(C)CNC(=O)NCc1ccnn1C. The summed E-state index contributed by atoms with van der Waals surface area (Å²) >= 11 is 0. The van der Waals surface area contributed by atoms with E-state index >= 15 is 0 Å². The Morgan fingerprint density at radius 1 is 1.45 bits per heavy atom. The normalized spacial score (nSPS) is 13.3. The van der Waals surface area contributed by atoms with Gasteiger partial charge in [0.15, 0.2) is 0 Å². The van der Waals surface area contributed by atoms with Crippen molar-refractivity contribution in [1.29, 1.82) is 0 Å². The van der Waals surface area contributed by atoms with Crippen molar-refractivity contribution in [1.82, 2.24) is 20.4 Å². The molecule has 0 aliphatic rings. The van der Waals surface area contributed by atoms with E-state index in [0.717, 1.165) is 5.69 Å². The minimum atomic E-state index is -0.458. The number of hydrogen-bond acceptors (Lipinski definition) is 3. The van der Waals surface area contributed by atoms with Gasteiger partial charge in [-0.1, -0.05) is 27.7 Å². The van der Waals surface area contributed by atoms with Crippen LogP contribution in [-0.4, -0.2) is 33.6 Å². The summed E-state index contributed by atoms with van der Waals surface area (Å²) < 4.78 is 1.72. The Morgan fingerprint density at radius 3 is 2.60 bits per heavy atom. The molecule has 0 aliphatic carbocycles. The minimum absolute atomic E-state index is 0.157. The van der Waals surface area contributed by atoms with E-state index in [2.05, 4.69) is 15.7 Å². The van der Waals surface area contributed by atoms with Gasteiger partial charge in [0.25, 0.3) is 0 Å². The average molecular weight is 282 g/mol. The van der Waals surface area contributed by atoms with Gasteiger partial charge in [-0.15, -0.1) is 0 Å². The Morgan fingerprint density at radius 2 is 2.10 bits per heavy atom. The maximum Gasteiger partial charge on any atom is 0.315 e. The number of carbonyl (C=O) groups is 1. The average Bonchev–Trinajstić information content (AvgIpc) is 2.78.